The zero-order chi connectivity index (χ0) is 50.6. The molecule has 0 unspecified atom stereocenters. The minimum atomic E-state index is -1.43. The van der Waals surface area contributed by atoms with Crippen molar-refractivity contribution in [1.29, 1.82) is 0 Å². The monoisotopic (exact) mass is 1030 g/mol. The second-order valence-electron chi connectivity index (χ2n) is 17.8. The van der Waals surface area contributed by atoms with E-state index in [1.807, 2.05) is 59.5 Å². The number of halogens is 2. The molecule has 1 fully saturated rings. The van der Waals surface area contributed by atoms with Gasteiger partial charge >= 0.3 is 11.8 Å². The maximum Gasteiger partial charge on any atom is 0.519 e. The summed E-state index contributed by atoms with van der Waals surface area (Å²) in [5.74, 6) is -0.660. The Morgan fingerprint density at radius 1 is 0.877 bits per heavy atom. The first-order valence-electron chi connectivity index (χ1n) is 23.6. The van der Waals surface area contributed by atoms with Gasteiger partial charge in [0.1, 0.15) is 35.1 Å². The summed E-state index contributed by atoms with van der Waals surface area (Å²) in [6.07, 6.45) is 1.42. The Balaban J connectivity index is 1.08. The van der Waals surface area contributed by atoms with Crippen LogP contribution in [0, 0.1) is 12.7 Å². The third-order valence-corrected chi connectivity index (χ3v) is 14.4. The van der Waals surface area contributed by atoms with Gasteiger partial charge in [-0.3, -0.25) is 9.69 Å². The number of nitrogens with zero attached hydrogens (tertiary/aromatic N) is 7. The molecule has 16 nitrogen and oxygen atoms in total. The lowest BCUT2D eigenvalue weighted by Crippen LogP contribution is -2.47. The highest BCUT2D eigenvalue weighted by atomic mass is 35.5. The van der Waals surface area contributed by atoms with Crippen molar-refractivity contribution in [1.82, 2.24) is 34.6 Å². The molecule has 73 heavy (non-hydrogen) atoms. The van der Waals surface area contributed by atoms with Gasteiger partial charge in [0.15, 0.2) is 24.0 Å². The number of hydrogen-bond acceptors (Lipinski definition) is 16. The normalized spacial score (nSPS) is 15.5. The van der Waals surface area contributed by atoms with Crippen molar-refractivity contribution in [2.24, 2.45) is 0 Å². The molecular weight excluding hydrogens is 977 g/mol. The van der Waals surface area contributed by atoms with E-state index in [2.05, 4.69) is 31.8 Å². The van der Waals surface area contributed by atoms with Crippen LogP contribution in [0.1, 0.15) is 33.9 Å². The molecule has 4 aromatic carbocycles. The number of carbonyl (C=O) groups is 2. The van der Waals surface area contributed by atoms with Crippen molar-refractivity contribution in [2.75, 3.05) is 53.4 Å². The first kappa shape index (κ1) is 49.1. The minimum absolute atomic E-state index is 0.000272. The number of piperazine rings is 1. The van der Waals surface area contributed by atoms with Crippen molar-refractivity contribution in [3.05, 3.63) is 159 Å². The molecule has 1 saturated heterocycles. The van der Waals surface area contributed by atoms with Crippen molar-refractivity contribution in [3.63, 3.8) is 0 Å². The molecule has 4 aromatic heterocycles. The third-order valence-electron chi connectivity index (χ3n) is 12.9. The number of esters is 1. The highest BCUT2D eigenvalue weighted by Gasteiger charge is 2.31. The summed E-state index contributed by atoms with van der Waals surface area (Å²) in [4.78, 5) is 67.6. The Morgan fingerprint density at radius 2 is 1.68 bits per heavy atom. The van der Waals surface area contributed by atoms with Crippen molar-refractivity contribution in [2.45, 2.75) is 45.6 Å². The highest BCUT2D eigenvalue weighted by Crippen LogP contribution is 2.48. The Morgan fingerprint density at radius 3 is 2.47 bits per heavy atom. The SMILES string of the molecule is COc1ccccc1-c1nccc(COc2ccc3cc2C[C@@H](C(=O)OCc2oc(=O)oc2C)Oc2ncnc4sc(-c5ccc(F)cc5)c(c24)-c2ccc(c(Cl)c2)CN(CCN2CCN(C)CC2)C(=O)C3)n1. The van der Waals surface area contributed by atoms with E-state index in [-0.39, 0.29) is 49.3 Å². The van der Waals surface area contributed by atoms with Crippen LogP contribution >= 0.6 is 22.9 Å². The summed E-state index contributed by atoms with van der Waals surface area (Å²) in [5.41, 5.74) is 5.16. The van der Waals surface area contributed by atoms with E-state index in [0.717, 1.165) is 36.6 Å². The maximum absolute atomic E-state index is 14.7. The molecule has 0 radical (unpaired) electrons. The average molecular weight is 1030 g/mol. The average Bonchev–Trinajstić information content (AvgIpc) is 3.95. The number of fused-ring (bicyclic) bond motifs is 7. The lowest BCUT2D eigenvalue weighted by Gasteiger charge is -2.34. The molecule has 1 atom stereocenters. The molecule has 19 heteroatoms. The molecular formula is C54H49ClFN7O9S. The van der Waals surface area contributed by atoms with E-state index in [0.29, 0.717) is 84.7 Å². The fraction of sp³-hybridized carbons (Fsp3) is 0.278. The second-order valence-corrected chi connectivity index (χ2v) is 19.2. The van der Waals surface area contributed by atoms with Gasteiger partial charge in [0.05, 0.1) is 30.2 Å². The minimum Gasteiger partial charge on any atom is -0.496 e. The van der Waals surface area contributed by atoms with E-state index < -0.39 is 30.3 Å². The zero-order valence-electron chi connectivity index (χ0n) is 40.1. The van der Waals surface area contributed by atoms with Gasteiger partial charge in [-0.2, -0.15) is 0 Å². The highest BCUT2D eigenvalue weighted by molar-refractivity contribution is 7.22. The number of rotatable bonds is 12. The van der Waals surface area contributed by atoms with Gasteiger partial charge in [-0.05, 0) is 84.3 Å². The number of ether oxygens (including phenoxy) is 4. The number of likely N-dealkylation sites (N-methyl/N-ethyl adjacent to an activating group) is 1. The number of carbonyl (C=O) groups excluding carboxylic acids is 2. The predicted molar refractivity (Wildman–Crippen MR) is 271 cm³/mol. The first-order chi connectivity index (χ1) is 35.5. The Labute approximate surface area is 427 Å². The molecule has 7 heterocycles. The van der Waals surface area contributed by atoms with Crippen LogP contribution in [0.4, 0.5) is 4.39 Å². The zero-order valence-corrected chi connectivity index (χ0v) is 41.7. The van der Waals surface area contributed by atoms with E-state index >= 15 is 0 Å². The van der Waals surface area contributed by atoms with Gasteiger partial charge in [-0.25, -0.2) is 33.9 Å². The van der Waals surface area contributed by atoms with Crippen molar-refractivity contribution < 1.29 is 41.8 Å². The second kappa shape index (κ2) is 21.7. The van der Waals surface area contributed by atoms with Crippen LogP contribution in [0.5, 0.6) is 17.4 Å². The molecule has 3 aliphatic heterocycles. The topological polar surface area (TPSA) is 176 Å². The van der Waals surface area contributed by atoms with Crippen molar-refractivity contribution in [3.8, 4) is 50.3 Å². The van der Waals surface area contributed by atoms with Crippen LogP contribution in [0.3, 0.4) is 0 Å². The largest absolute Gasteiger partial charge is 0.519 e. The first-order valence-corrected chi connectivity index (χ1v) is 24.8. The van der Waals surface area contributed by atoms with Gasteiger partial charge in [0, 0.05) is 73.9 Å². The lowest BCUT2D eigenvalue weighted by molar-refractivity contribution is -0.154. The van der Waals surface area contributed by atoms with Crippen LogP contribution in [0.2, 0.25) is 5.02 Å². The Bertz CT molecular complexity index is 3380. The molecule has 0 spiro atoms. The van der Waals surface area contributed by atoms with E-state index in [9.17, 15) is 18.8 Å². The number of amides is 1. The quantitative estimate of drug-likeness (QED) is 0.106. The molecule has 3 aliphatic rings. The number of hydrogen-bond donors (Lipinski definition) is 0. The fourth-order valence-electron chi connectivity index (χ4n) is 8.90. The smallest absolute Gasteiger partial charge is 0.496 e. The molecule has 374 valence electrons. The molecule has 0 saturated carbocycles. The predicted octanol–water partition coefficient (Wildman–Crippen LogP) is 8.58. The lowest BCUT2D eigenvalue weighted by atomic mass is 9.98. The number of para-hydroxylation sites is 1. The van der Waals surface area contributed by atoms with Crippen LogP contribution in [0.25, 0.3) is 43.2 Å². The summed E-state index contributed by atoms with van der Waals surface area (Å²) in [6.45, 7) is 6.07. The third kappa shape index (κ3) is 11.1. The molecule has 4 bridgehead atoms. The number of aryl methyl sites for hydroxylation is 1. The number of thiophene rings is 1. The molecule has 0 N–H and O–H groups in total. The summed E-state index contributed by atoms with van der Waals surface area (Å²) in [7, 11) is 3.69. The van der Waals surface area contributed by atoms with E-state index in [1.165, 1.54) is 36.7 Å². The fourth-order valence-corrected chi connectivity index (χ4v) is 10.3. The Hall–Kier alpha value is -7.51. The molecule has 1 amide bonds. The number of aromatic nitrogens is 4. The summed E-state index contributed by atoms with van der Waals surface area (Å²) < 4.78 is 49.3. The van der Waals surface area contributed by atoms with Gasteiger partial charge in [0.2, 0.25) is 17.9 Å². The molecule has 11 rings (SSSR count). The summed E-state index contributed by atoms with van der Waals surface area (Å²) >= 11 is 8.56. The summed E-state index contributed by atoms with van der Waals surface area (Å²) in [6, 6.07) is 26.4. The maximum atomic E-state index is 14.7. The van der Waals surface area contributed by atoms with Crippen LogP contribution in [-0.2, 0) is 46.9 Å². The molecule has 0 aliphatic carbocycles. The van der Waals surface area contributed by atoms with E-state index in [4.69, 9.17) is 44.4 Å². The van der Waals surface area contributed by atoms with Crippen molar-refractivity contribution >= 4 is 45.0 Å². The van der Waals surface area contributed by atoms with Gasteiger partial charge in [-0.15, -0.1) is 11.3 Å². The molecule has 8 aromatic rings. The van der Waals surface area contributed by atoms with Crippen LogP contribution < -0.4 is 20.0 Å². The summed E-state index contributed by atoms with van der Waals surface area (Å²) in [5, 5.41) is 0.895. The van der Waals surface area contributed by atoms with Gasteiger partial charge in [0.25, 0.3) is 0 Å². The Kier molecular flexibility index (Phi) is 14.6. The number of methoxy groups -OCH3 is 1. The van der Waals surface area contributed by atoms with E-state index in [1.54, 1.807) is 37.6 Å². The number of benzene rings is 4. The van der Waals surface area contributed by atoms with Gasteiger partial charge in [-0.1, -0.05) is 60.1 Å². The van der Waals surface area contributed by atoms with Gasteiger partial charge < -0.3 is 37.6 Å². The van der Waals surface area contributed by atoms with Crippen LogP contribution in [-0.4, -0.2) is 106 Å². The van der Waals surface area contributed by atoms with Crippen LogP contribution in [0.15, 0.2) is 117 Å². The standard InChI is InChI=1S/C54H49ClFN7O9S/c1-32-45(72-54(66)70-32)30-69-53(65)44-27-37-24-33(8-15-42(37)68-29-39-16-17-57-50(60-39)40-6-4-5-7-43(40)67-3)25-46(64)63(23-22-62-20-18-61(2)19-21-62)28-36-10-9-35(26-41(36)55)47-48-51(71-44)58-31-59-52(48)73-49(47)34-11-13-38(56)14-12-34/h4-17,24,26,31,44H,18-23,25,27-30H2,1-3H3/t44-/m0/s1.